The van der Waals surface area contributed by atoms with Crippen molar-refractivity contribution in [2.75, 3.05) is 0 Å². The summed E-state index contributed by atoms with van der Waals surface area (Å²) in [6.07, 6.45) is 3.71. The summed E-state index contributed by atoms with van der Waals surface area (Å²) in [6, 6.07) is 0. The molecule has 0 amide bonds. The molecule has 0 aromatic carbocycles. The van der Waals surface area contributed by atoms with Gasteiger partial charge in [0.15, 0.2) is 0 Å². The summed E-state index contributed by atoms with van der Waals surface area (Å²) in [6.45, 7) is 10.8. The van der Waals surface area contributed by atoms with E-state index in [2.05, 4.69) is 27.7 Å². The fourth-order valence-electron chi connectivity index (χ4n) is 1.43. The quantitative estimate of drug-likeness (QED) is 0.651. The minimum atomic E-state index is -0.643. The fraction of sp³-hybridized carbons (Fsp3) is 0.929. The molecule has 1 unspecified atom stereocenters. The SMILES string of the molecule is CCCCC(CC)C(=O)O.C[CH2][Ni]([CH2]C)[CH2]C.[Al]. The van der Waals surface area contributed by atoms with Crippen molar-refractivity contribution in [2.24, 2.45) is 5.92 Å². The first kappa shape index (κ1) is 23.6. The second-order valence-corrected chi connectivity index (χ2v) is 7.31. The zero-order valence-electron chi connectivity index (χ0n) is 12.8. The zero-order valence-corrected chi connectivity index (χ0v) is 14.9. The Balaban J connectivity index is -0.000000251. The zero-order chi connectivity index (χ0) is 13.7. The molecule has 0 saturated heterocycles. The van der Waals surface area contributed by atoms with Crippen LogP contribution in [-0.4, -0.2) is 28.4 Å². The molecule has 0 bridgehead atoms. The van der Waals surface area contributed by atoms with Crippen molar-refractivity contribution in [3.8, 4) is 0 Å². The number of hydrogen-bond donors (Lipinski definition) is 1. The molecule has 2 nitrogen and oxygen atoms in total. The van der Waals surface area contributed by atoms with Crippen molar-refractivity contribution in [1.29, 1.82) is 0 Å². The van der Waals surface area contributed by atoms with E-state index >= 15 is 0 Å². The third-order valence-corrected chi connectivity index (χ3v) is 5.66. The first-order valence-electron chi connectivity index (χ1n) is 6.74. The van der Waals surface area contributed by atoms with E-state index in [1.54, 1.807) is 0 Å². The molecule has 0 aromatic rings. The molecular formula is C14H31AlNiO2. The monoisotopic (exact) mass is 316 g/mol. The summed E-state index contributed by atoms with van der Waals surface area (Å²) in [5.74, 6) is -0.754. The van der Waals surface area contributed by atoms with Crippen molar-refractivity contribution in [3.63, 3.8) is 0 Å². The molecule has 0 aromatic heterocycles. The maximum atomic E-state index is 10.4. The molecule has 0 rings (SSSR count). The first-order chi connectivity index (χ1) is 8.06. The van der Waals surface area contributed by atoms with E-state index in [0.717, 1.165) is 25.7 Å². The summed E-state index contributed by atoms with van der Waals surface area (Å²) < 4.78 is 0. The summed E-state index contributed by atoms with van der Waals surface area (Å²) in [5, 5.41) is 12.8. The number of carboxylic acids is 1. The van der Waals surface area contributed by atoms with Gasteiger partial charge in [-0.25, -0.2) is 0 Å². The van der Waals surface area contributed by atoms with Crippen molar-refractivity contribution in [2.45, 2.75) is 76.5 Å². The Morgan fingerprint density at radius 2 is 1.50 bits per heavy atom. The average Bonchev–Trinajstić information content (AvgIpc) is 2.33. The standard InChI is InChI=1S/C8H16O2.3C2H5.Al.Ni/c1-3-5-6-7(4-2)8(9)10;3*1-2;;/h7H,3-6H2,1-2H3,(H,9,10);3*1H2,2H3;;. The van der Waals surface area contributed by atoms with Crippen LogP contribution in [0.5, 0.6) is 0 Å². The van der Waals surface area contributed by atoms with Crippen LogP contribution >= 0.6 is 0 Å². The Hall–Kier alpha value is 0.496. The maximum Gasteiger partial charge on any atom is 0 e. The Bertz CT molecular complexity index is 168. The van der Waals surface area contributed by atoms with Crippen LogP contribution in [0.3, 0.4) is 0 Å². The van der Waals surface area contributed by atoms with Gasteiger partial charge in [0, 0.05) is 17.4 Å². The van der Waals surface area contributed by atoms with E-state index in [9.17, 15) is 4.79 Å². The van der Waals surface area contributed by atoms with E-state index in [-0.39, 0.29) is 23.3 Å². The second kappa shape index (κ2) is 17.5. The molecule has 1 N–H and O–H groups in total. The van der Waals surface area contributed by atoms with Gasteiger partial charge in [-0.05, 0) is 12.8 Å². The van der Waals surface area contributed by atoms with Gasteiger partial charge in [-0.3, -0.25) is 4.79 Å². The predicted molar refractivity (Wildman–Crippen MR) is 78.1 cm³/mol. The van der Waals surface area contributed by atoms with E-state index in [4.69, 9.17) is 5.11 Å². The molecular weight excluding hydrogens is 286 g/mol. The molecule has 4 heteroatoms. The number of unbranched alkanes of at least 4 members (excludes halogenated alkanes) is 1. The smallest absolute Gasteiger partial charge is 0 e. The fourth-order valence-corrected chi connectivity index (χ4v) is 2.91. The molecule has 3 radical (unpaired) electrons. The van der Waals surface area contributed by atoms with Crippen LogP contribution in [0.4, 0.5) is 0 Å². The number of hydrogen-bond acceptors (Lipinski definition) is 1. The molecule has 1 atom stereocenters. The van der Waals surface area contributed by atoms with Crippen LogP contribution in [0.1, 0.15) is 60.3 Å². The molecule has 0 saturated carbocycles. The predicted octanol–water partition coefficient (Wildman–Crippen LogP) is 4.83. The summed E-state index contributed by atoms with van der Waals surface area (Å²) in [7, 11) is 0. The molecule has 18 heavy (non-hydrogen) atoms. The first-order valence-corrected chi connectivity index (χ1v) is 8.83. The number of aliphatic carboxylic acids is 1. The van der Waals surface area contributed by atoms with Gasteiger partial charge in [0.05, 0.1) is 5.92 Å². The van der Waals surface area contributed by atoms with Crippen molar-refractivity contribution < 1.29 is 23.3 Å². The van der Waals surface area contributed by atoms with Crippen LogP contribution in [0.15, 0.2) is 0 Å². The van der Waals surface area contributed by atoms with Crippen LogP contribution in [0, 0.1) is 5.92 Å². The van der Waals surface area contributed by atoms with Gasteiger partial charge in [0.1, 0.15) is 0 Å². The number of carbonyl (C=O) groups is 1. The van der Waals surface area contributed by atoms with Gasteiger partial charge < -0.3 is 5.11 Å². The molecule has 0 aliphatic rings. The third kappa shape index (κ3) is 14.6. The van der Waals surface area contributed by atoms with E-state index in [0.29, 0.717) is 13.4 Å². The molecule has 0 aliphatic carbocycles. The molecule has 0 fully saturated rings. The van der Waals surface area contributed by atoms with Gasteiger partial charge in [-0.2, -0.15) is 0 Å². The van der Waals surface area contributed by atoms with Crippen molar-refractivity contribution in [3.05, 3.63) is 0 Å². The van der Waals surface area contributed by atoms with Gasteiger partial charge in [0.25, 0.3) is 0 Å². The van der Waals surface area contributed by atoms with E-state index in [1.807, 2.05) is 6.92 Å². The molecule has 0 aliphatic heterocycles. The van der Waals surface area contributed by atoms with E-state index < -0.39 is 5.97 Å². The summed E-state index contributed by atoms with van der Waals surface area (Å²) >= 11 is 0.639. The Kier molecular flexibility index (Phi) is 22.9. The van der Waals surface area contributed by atoms with Crippen molar-refractivity contribution in [1.82, 2.24) is 0 Å². The van der Waals surface area contributed by atoms with Crippen LogP contribution < -0.4 is 0 Å². The molecule has 0 heterocycles. The van der Waals surface area contributed by atoms with Gasteiger partial charge in [-0.1, -0.05) is 26.7 Å². The van der Waals surface area contributed by atoms with Crippen LogP contribution in [0.25, 0.3) is 0 Å². The van der Waals surface area contributed by atoms with Gasteiger partial charge in [-0.15, -0.1) is 0 Å². The van der Waals surface area contributed by atoms with Crippen LogP contribution in [-0.2, 0) is 18.2 Å². The summed E-state index contributed by atoms with van der Waals surface area (Å²) in [5.41, 5.74) is 0. The maximum absolute atomic E-state index is 10.4. The molecule has 0 spiro atoms. The second-order valence-electron chi connectivity index (χ2n) is 3.73. The number of carboxylic acid groups (broad SMARTS) is 1. The minimum Gasteiger partial charge on any atom is 0 e. The van der Waals surface area contributed by atoms with Gasteiger partial charge >= 0.3 is 56.3 Å². The molecule has 112 valence electrons. The van der Waals surface area contributed by atoms with Crippen molar-refractivity contribution >= 4 is 23.3 Å². The summed E-state index contributed by atoms with van der Waals surface area (Å²) in [4.78, 5) is 10.4. The van der Waals surface area contributed by atoms with Gasteiger partial charge in [0.2, 0.25) is 0 Å². The Labute approximate surface area is 129 Å². The topological polar surface area (TPSA) is 37.3 Å². The number of rotatable bonds is 8. The normalized spacial score (nSPS) is 11.7. The Morgan fingerprint density at radius 3 is 1.67 bits per heavy atom. The van der Waals surface area contributed by atoms with Crippen LogP contribution in [0.2, 0.25) is 16.2 Å². The largest absolute Gasteiger partial charge is 0 e. The Morgan fingerprint density at radius 1 is 1.06 bits per heavy atom. The average molecular weight is 317 g/mol. The minimum absolute atomic E-state index is 0. The third-order valence-electron chi connectivity index (χ3n) is 2.70. The van der Waals surface area contributed by atoms with E-state index in [1.165, 1.54) is 16.2 Å².